The Morgan fingerprint density at radius 2 is 1.82 bits per heavy atom. The number of rotatable bonds is 4. The predicted molar refractivity (Wildman–Crippen MR) is 94.1 cm³/mol. The van der Waals surface area contributed by atoms with Crippen molar-refractivity contribution in [3.05, 3.63) is 35.4 Å². The highest BCUT2D eigenvalue weighted by Crippen LogP contribution is 2.25. The first-order valence-electron chi connectivity index (χ1n) is 8.24. The smallest absolute Gasteiger partial charge is 0.189 e. The van der Waals surface area contributed by atoms with E-state index in [0.717, 1.165) is 13.1 Å². The minimum atomic E-state index is -0.0550. The van der Waals surface area contributed by atoms with E-state index in [9.17, 15) is 0 Å². The van der Waals surface area contributed by atoms with Gasteiger partial charge in [-0.1, -0.05) is 29.8 Å². The fourth-order valence-corrected chi connectivity index (χ4v) is 2.88. The standard InChI is InChI=1S/C18H30N4/c1-14-7-9-15(10-8-14)16(22-11-5-6-12-22)13-20-17(19)21-18(2,3)4/h7-10,16H,5-6,11-13H2,1-4H3,(H3,19,20,21). The molecule has 0 radical (unpaired) electrons. The summed E-state index contributed by atoms with van der Waals surface area (Å²) in [6, 6.07) is 9.13. The summed E-state index contributed by atoms with van der Waals surface area (Å²) < 4.78 is 0. The van der Waals surface area contributed by atoms with Crippen molar-refractivity contribution < 1.29 is 0 Å². The number of likely N-dealkylation sites (tertiary alicyclic amines) is 1. The molecule has 4 nitrogen and oxygen atoms in total. The molecule has 1 unspecified atom stereocenters. The lowest BCUT2D eigenvalue weighted by Crippen LogP contribution is -2.45. The lowest BCUT2D eigenvalue weighted by Gasteiger charge is -2.27. The van der Waals surface area contributed by atoms with Gasteiger partial charge in [0.1, 0.15) is 0 Å². The quantitative estimate of drug-likeness (QED) is 0.664. The van der Waals surface area contributed by atoms with Crippen LogP contribution >= 0.6 is 0 Å². The topological polar surface area (TPSA) is 53.6 Å². The monoisotopic (exact) mass is 302 g/mol. The molecule has 1 atom stereocenters. The molecule has 1 aromatic carbocycles. The van der Waals surface area contributed by atoms with Crippen LogP contribution in [0.3, 0.4) is 0 Å². The SMILES string of the molecule is Cc1ccc(C(CN=C(N)NC(C)(C)C)N2CCCC2)cc1. The fourth-order valence-electron chi connectivity index (χ4n) is 2.88. The first-order chi connectivity index (χ1) is 10.3. The van der Waals surface area contributed by atoms with E-state index < -0.39 is 0 Å². The van der Waals surface area contributed by atoms with E-state index >= 15 is 0 Å². The van der Waals surface area contributed by atoms with E-state index in [4.69, 9.17) is 5.73 Å². The van der Waals surface area contributed by atoms with Gasteiger partial charge in [0.15, 0.2) is 5.96 Å². The molecule has 22 heavy (non-hydrogen) atoms. The first-order valence-corrected chi connectivity index (χ1v) is 8.24. The zero-order chi connectivity index (χ0) is 16.2. The molecular formula is C18H30N4. The molecule has 3 N–H and O–H groups in total. The second-order valence-electron chi connectivity index (χ2n) is 7.27. The van der Waals surface area contributed by atoms with Crippen LogP contribution in [0.2, 0.25) is 0 Å². The van der Waals surface area contributed by atoms with Crippen LogP contribution in [-0.4, -0.2) is 36.0 Å². The maximum absolute atomic E-state index is 6.03. The molecule has 0 saturated carbocycles. The largest absolute Gasteiger partial charge is 0.370 e. The Hall–Kier alpha value is -1.55. The summed E-state index contributed by atoms with van der Waals surface area (Å²) in [7, 11) is 0. The van der Waals surface area contributed by atoms with Crippen LogP contribution in [0.15, 0.2) is 29.3 Å². The van der Waals surface area contributed by atoms with Gasteiger partial charge in [0.2, 0.25) is 0 Å². The molecule has 1 saturated heterocycles. The molecule has 1 aromatic rings. The number of guanidine groups is 1. The molecule has 122 valence electrons. The number of nitrogens with one attached hydrogen (secondary N) is 1. The minimum Gasteiger partial charge on any atom is -0.370 e. The Balaban J connectivity index is 2.11. The highest BCUT2D eigenvalue weighted by molar-refractivity contribution is 5.78. The highest BCUT2D eigenvalue weighted by atomic mass is 15.2. The zero-order valence-corrected chi connectivity index (χ0v) is 14.4. The lowest BCUT2D eigenvalue weighted by molar-refractivity contribution is 0.251. The summed E-state index contributed by atoms with van der Waals surface area (Å²) in [6.45, 7) is 11.4. The van der Waals surface area contributed by atoms with Crippen molar-refractivity contribution in [3.8, 4) is 0 Å². The molecule has 0 amide bonds. The van der Waals surface area contributed by atoms with Gasteiger partial charge < -0.3 is 11.1 Å². The van der Waals surface area contributed by atoms with E-state index in [0.29, 0.717) is 18.5 Å². The molecule has 0 bridgehead atoms. The predicted octanol–water partition coefficient (Wildman–Crippen LogP) is 2.83. The van der Waals surface area contributed by atoms with Crippen molar-refractivity contribution >= 4 is 5.96 Å². The van der Waals surface area contributed by atoms with Crippen LogP contribution in [0, 0.1) is 6.92 Å². The molecule has 1 aliphatic rings. The number of nitrogens with zero attached hydrogens (tertiary/aromatic N) is 2. The van der Waals surface area contributed by atoms with Crippen LogP contribution in [0.25, 0.3) is 0 Å². The second-order valence-corrected chi connectivity index (χ2v) is 7.27. The third-order valence-electron chi connectivity index (χ3n) is 3.98. The van der Waals surface area contributed by atoms with Crippen LogP contribution in [-0.2, 0) is 0 Å². The van der Waals surface area contributed by atoms with Crippen LogP contribution in [0.1, 0.15) is 50.8 Å². The maximum Gasteiger partial charge on any atom is 0.189 e. The Morgan fingerprint density at radius 3 is 2.36 bits per heavy atom. The molecule has 1 heterocycles. The summed E-state index contributed by atoms with van der Waals surface area (Å²) in [5, 5.41) is 3.23. The summed E-state index contributed by atoms with van der Waals surface area (Å²) in [4.78, 5) is 7.12. The normalized spacial score (nSPS) is 18.5. The highest BCUT2D eigenvalue weighted by Gasteiger charge is 2.23. The van der Waals surface area contributed by atoms with Gasteiger partial charge in [-0.25, -0.2) is 0 Å². The molecular weight excluding hydrogens is 272 g/mol. The number of nitrogens with two attached hydrogens (primary N) is 1. The minimum absolute atomic E-state index is 0.0550. The van der Waals surface area contributed by atoms with Crippen molar-refractivity contribution in [1.29, 1.82) is 0 Å². The van der Waals surface area contributed by atoms with Crippen molar-refractivity contribution in [2.24, 2.45) is 10.7 Å². The van der Waals surface area contributed by atoms with Crippen molar-refractivity contribution in [1.82, 2.24) is 10.2 Å². The number of aliphatic imine (C=N–C) groups is 1. The average Bonchev–Trinajstić information content (AvgIpc) is 2.93. The van der Waals surface area contributed by atoms with Gasteiger partial charge in [-0.2, -0.15) is 0 Å². The van der Waals surface area contributed by atoms with Gasteiger partial charge in [-0.15, -0.1) is 0 Å². The number of hydrogen-bond acceptors (Lipinski definition) is 2. The molecule has 4 heteroatoms. The molecule has 0 aromatic heterocycles. The number of benzene rings is 1. The van der Waals surface area contributed by atoms with E-state index in [1.807, 2.05) is 0 Å². The summed E-state index contributed by atoms with van der Waals surface area (Å²) in [6.07, 6.45) is 2.56. The van der Waals surface area contributed by atoms with E-state index in [1.165, 1.54) is 24.0 Å². The Morgan fingerprint density at radius 1 is 1.23 bits per heavy atom. The summed E-state index contributed by atoms with van der Waals surface area (Å²) >= 11 is 0. The van der Waals surface area contributed by atoms with Gasteiger partial charge in [0, 0.05) is 5.54 Å². The Kier molecular flexibility index (Phi) is 5.46. The van der Waals surface area contributed by atoms with Gasteiger partial charge >= 0.3 is 0 Å². The first kappa shape index (κ1) is 16.8. The zero-order valence-electron chi connectivity index (χ0n) is 14.4. The number of hydrogen-bond donors (Lipinski definition) is 2. The van der Waals surface area contributed by atoms with Gasteiger partial charge in [-0.3, -0.25) is 9.89 Å². The van der Waals surface area contributed by atoms with Crippen LogP contribution in [0.5, 0.6) is 0 Å². The summed E-state index contributed by atoms with van der Waals surface area (Å²) in [5.41, 5.74) is 8.60. The second kappa shape index (κ2) is 7.14. The Labute approximate surface area is 134 Å². The van der Waals surface area contributed by atoms with E-state index in [2.05, 4.69) is 67.2 Å². The Bertz CT molecular complexity index is 493. The lowest BCUT2D eigenvalue weighted by atomic mass is 10.0. The van der Waals surface area contributed by atoms with Crippen LogP contribution in [0.4, 0.5) is 0 Å². The van der Waals surface area contributed by atoms with Gasteiger partial charge in [0.25, 0.3) is 0 Å². The fraction of sp³-hybridized carbons (Fsp3) is 0.611. The van der Waals surface area contributed by atoms with Gasteiger partial charge in [0.05, 0.1) is 12.6 Å². The number of aryl methyl sites for hydroxylation is 1. The molecule has 0 spiro atoms. The van der Waals surface area contributed by atoms with Crippen molar-refractivity contribution in [3.63, 3.8) is 0 Å². The summed E-state index contributed by atoms with van der Waals surface area (Å²) in [5.74, 6) is 0.531. The van der Waals surface area contributed by atoms with Crippen LogP contribution < -0.4 is 11.1 Å². The molecule has 2 rings (SSSR count). The molecule has 0 aliphatic carbocycles. The van der Waals surface area contributed by atoms with E-state index in [1.54, 1.807) is 0 Å². The van der Waals surface area contributed by atoms with Crippen molar-refractivity contribution in [2.75, 3.05) is 19.6 Å². The van der Waals surface area contributed by atoms with Gasteiger partial charge in [-0.05, 0) is 59.2 Å². The average molecular weight is 302 g/mol. The van der Waals surface area contributed by atoms with Crippen molar-refractivity contribution in [2.45, 2.75) is 52.1 Å². The maximum atomic E-state index is 6.03. The molecule has 1 fully saturated rings. The van der Waals surface area contributed by atoms with E-state index in [-0.39, 0.29) is 5.54 Å². The third-order valence-corrected chi connectivity index (χ3v) is 3.98. The molecule has 1 aliphatic heterocycles. The third kappa shape index (κ3) is 5.02.